The number of nitrogens with zero attached hydrogens (tertiary/aromatic N) is 1. The molecule has 114 valence electrons. The molecule has 1 aromatic carbocycles. The minimum absolute atomic E-state index is 0.101. The molecule has 0 spiro atoms. The topological polar surface area (TPSA) is 85.1 Å². The first kappa shape index (κ1) is 15.9. The van der Waals surface area contributed by atoms with Crippen molar-refractivity contribution in [1.82, 2.24) is 10.4 Å². The maximum absolute atomic E-state index is 11.6. The van der Waals surface area contributed by atoms with Gasteiger partial charge in [0.25, 0.3) is 0 Å². The lowest BCUT2D eigenvalue weighted by Crippen LogP contribution is -2.28. The van der Waals surface area contributed by atoms with E-state index in [4.69, 9.17) is 5.84 Å². The van der Waals surface area contributed by atoms with E-state index in [0.29, 0.717) is 12.8 Å². The van der Waals surface area contributed by atoms with Crippen molar-refractivity contribution in [3.8, 4) is 0 Å². The van der Waals surface area contributed by atoms with Crippen molar-refractivity contribution in [2.24, 2.45) is 5.84 Å². The average Bonchev–Trinajstić information content (AvgIpc) is 2.51. The Balaban J connectivity index is 2.16. The van der Waals surface area contributed by atoms with E-state index in [1.54, 1.807) is 13.1 Å². The summed E-state index contributed by atoms with van der Waals surface area (Å²) in [6, 6.07) is 9.74. The van der Waals surface area contributed by atoms with Crippen molar-refractivity contribution in [3.63, 3.8) is 0 Å². The van der Waals surface area contributed by atoms with Gasteiger partial charge in [0, 0.05) is 23.4 Å². The minimum atomic E-state index is -2.93. The molecule has 1 unspecified atom stereocenters. The number of aromatic nitrogens is 1. The van der Waals surface area contributed by atoms with Gasteiger partial charge in [-0.15, -0.1) is 0 Å². The highest BCUT2D eigenvalue weighted by molar-refractivity contribution is 7.91. The number of nitrogens with two attached hydrogens (primary N) is 1. The number of hydrogen-bond donors (Lipinski definition) is 2. The molecule has 0 aliphatic carbocycles. The lowest BCUT2D eigenvalue weighted by molar-refractivity contribution is 0.509. The summed E-state index contributed by atoms with van der Waals surface area (Å²) in [7, 11) is -2.93. The lowest BCUT2D eigenvalue weighted by Gasteiger charge is -2.17. The molecule has 0 saturated carbocycles. The van der Waals surface area contributed by atoms with Gasteiger partial charge in [-0.25, -0.2) is 8.42 Å². The highest BCUT2D eigenvalue weighted by Gasteiger charge is 2.15. The van der Waals surface area contributed by atoms with Gasteiger partial charge in [0.2, 0.25) is 0 Å². The quantitative estimate of drug-likeness (QED) is 0.603. The largest absolute Gasteiger partial charge is 0.271 e. The molecule has 2 rings (SSSR count). The zero-order valence-electron chi connectivity index (χ0n) is 12.1. The molecule has 0 bridgehead atoms. The molecule has 0 saturated heterocycles. The smallest absolute Gasteiger partial charge is 0.150 e. The van der Waals surface area contributed by atoms with Crippen LogP contribution in [-0.4, -0.2) is 24.9 Å². The van der Waals surface area contributed by atoms with E-state index in [1.807, 2.05) is 30.3 Å². The summed E-state index contributed by atoms with van der Waals surface area (Å²) in [6.07, 6.45) is 2.99. The van der Waals surface area contributed by atoms with Crippen molar-refractivity contribution in [2.45, 2.75) is 25.8 Å². The summed E-state index contributed by atoms with van der Waals surface area (Å²) in [5, 5.41) is 1.05. The standard InChI is InChI=1S/C15H21N3O2S/c1-2-21(19,20)11-5-9-14(18-16)13-8-3-6-12-7-4-10-17-15(12)13/h3-4,6-8,10,14,18H,2,5,9,11,16H2,1H3. The molecule has 0 amide bonds. The van der Waals surface area contributed by atoms with Crippen molar-refractivity contribution < 1.29 is 8.42 Å². The molecular weight excluding hydrogens is 286 g/mol. The van der Waals surface area contributed by atoms with E-state index >= 15 is 0 Å². The van der Waals surface area contributed by atoms with Gasteiger partial charge in [-0.3, -0.25) is 16.3 Å². The molecule has 2 aromatic rings. The van der Waals surface area contributed by atoms with Crippen LogP contribution >= 0.6 is 0 Å². The monoisotopic (exact) mass is 307 g/mol. The third-order valence-electron chi connectivity index (χ3n) is 3.63. The van der Waals surface area contributed by atoms with Crippen LogP contribution in [0.1, 0.15) is 31.4 Å². The van der Waals surface area contributed by atoms with Crippen LogP contribution in [0.4, 0.5) is 0 Å². The molecule has 6 heteroatoms. The van der Waals surface area contributed by atoms with E-state index in [9.17, 15) is 8.42 Å². The Morgan fingerprint density at radius 2 is 2.05 bits per heavy atom. The Hall–Kier alpha value is -1.50. The molecule has 0 aliphatic rings. The van der Waals surface area contributed by atoms with Crippen molar-refractivity contribution >= 4 is 20.7 Å². The molecule has 3 N–H and O–H groups in total. The van der Waals surface area contributed by atoms with Crippen LogP contribution in [0.3, 0.4) is 0 Å². The van der Waals surface area contributed by atoms with Gasteiger partial charge in [-0.1, -0.05) is 31.2 Å². The highest BCUT2D eigenvalue weighted by atomic mass is 32.2. The van der Waals surface area contributed by atoms with Crippen molar-refractivity contribution in [2.75, 3.05) is 11.5 Å². The van der Waals surface area contributed by atoms with E-state index in [2.05, 4.69) is 10.4 Å². The molecule has 1 atom stereocenters. The van der Waals surface area contributed by atoms with Crippen LogP contribution in [0, 0.1) is 0 Å². The zero-order valence-corrected chi connectivity index (χ0v) is 12.9. The van der Waals surface area contributed by atoms with Crippen LogP contribution in [0.5, 0.6) is 0 Å². The number of fused-ring (bicyclic) bond motifs is 1. The molecule has 0 fully saturated rings. The second-order valence-electron chi connectivity index (χ2n) is 5.02. The van der Waals surface area contributed by atoms with Gasteiger partial charge in [-0.05, 0) is 24.5 Å². The molecule has 0 radical (unpaired) electrons. The van der Waals surface area contributed by atoms with E-state index in [1.165, 1.54) is 0 Å². The molecular formula is C15H21N3O2S. The number of rotatable bonds is 7. The first-order valence-electron chi connectivity index (χ1n) is 7.07. The van der Waals surface area contributed by atoms with Crippen molar-refractivity contribution in [3.05, 3.63) is 42.1 Å². The number of hydrazine groups is 1. The molecule has 21 heavy (non-hydrogen) atoms. The number of hydrogen-bond acceptors (Lipinski definition) is 5. The number of sulfone groups is 1. The Morgan fingerprint density at radius 1 is 1.29 bits per heavy atom. The SMILES string of the molecule is CCS(=O)(=O)CCCC(NN)c1cccc2cccnc12. The summed E-state index contributed by atoms with van der Waals surface area (Å²) in [5.74, 6) is 6.03. The Kier molecular flexibility index (Phi) is 5.27. The summed E-state index contributed by atoms with van der Waals surface area (Å²) in [4.78, 5) is 4.41. The minimum Gasteiger partial charge on any atom is -0.271 e. The van der Waals surface area contributed by atoms with Crippen LogP contribution in [-0.2, 0) is 9.84 Å². The number of para-hydroxylation sites is 1. The second kappa shape index (κ2) is 6.98. The van der Waals surface area contributed by atoms with Gasteiger partial charge in [0.15, 0.2) is 0 Å². The highest BCUT2D eigenvalue weighted by Crippen LogP contribution is 2.25. The van der Waals surface area contributed by atoms with E-state index in [0.717, 1.165) is 16.5 Å². The maximum Gasteiger partial charge on any atom is 0.150 e. The van der Waals surface area contributed by atoms with Gasteiger partial charge in [0.1, 0.15) is 9.84 Å². The average molecular weight is 307 g/mol. The van der Waals surface area contributed by atoms with Gasteiger partial charge in [-0.2, -0.15) is 0 Å². The number of nitrogens with one attached hydrogen (secondary N) is 1. The molecule has 1 heterocycles. The van der Waals surface area contributed by atoms with Crippen molar-refractivity contribution in [1.29, 1.82) is 0 Å². The number of benzene rings is 1. The fourth-order valence-corrected chi connectivity index (χ4v) is 3.28. The molecule has 5 nitrogen and oxygen atoms in total. The van der Waals surface area contributed by atoms with Crippen LogP contribution in [0.2, 0.25) is 0 Å². The zero-order chi connectivity index (χ0) is 15.3. The summed E-state index contributed by atoms with van der Waals surface area (Å²) < 4.78 is 23.1. The third-order valence-corrected chi connectivity index (χ3v) is 5.42. The summed E-state index contributed by atoms with van der Waals surface area (Å²) in [6.45, 7) is 1.67. The molecule has 1 aromatic heterocycles. The van der Waals surface area contributed by atoms with E-state index in [-0.39, 0.29) is 17.5 Å². The second-order valence-corrected chi connectivity index (χ2v) is 7.49. The first-order valence-corrected chi connectivity index (χ1v) is 8.89. The number of pyridine rings is 1. The predicted octanol–water partition coefficient (Wildman–Crippen LogP) is 1.95. The summed E-state index contributed by atoms with van der Waals surface area (Å²) in [5.41, 5.74) is 4.69. The third kappa shape index (κ3) is 4.00. The Bertz CT molecular complexity index is 696. The Labute approximate surface area is 125 Å². The maximum atomic E-state index is 11.6. The Morgan fingerprint density at radius 3 is 2.76 bits per heavy atom. The molecule has 0 aliphatic heterocycles. The van der Waals surface area contributed by atoms with Gasteiger partial charge in [0.05, 0.1) is 11.3 Å². The van der Waals surface area contributed by atoms with Crippen LogP contribution in [0.15, 0.2) is 36.5 Å². The predicted molar refractivity (Wildman–Crippen MR) is 85.4 cm³/mol. The fourth-order valence-electron chi connectivity index (χ4n) is 2.39. The first-order chi connectivity index (χ1) is 10.1. The van der Waals surface area contributed by atoms with Crippen LogP contribution in [0.25, 0.3) is 10.9 Å². The van der Waals surface area contributed by atoms with E-state index < -0.39 is 9.84 Å². The lowest BCUT2D eigenvalue weighted by atomic mass is 10.00. The van der Waals surface area contributed by atoms with Gasteiger partial charge >= 0.3 is 0 Å². The van der Waals surface area contributed by atoms with Crippen LogP contribution < -0.4 is 11.3 Å². The normalized spacial score (nSPS) is 13.4. The summed E-state index contributed by atoms with van der Waals surface area (Å²) >= 11 is 0. The fraction of sp³-hybridized carbons (Fsp3) is 0.400. The van der Waals surface area contributed by atoms with Gasteiger partial charge < -0.3 is 0 Å².